The van der Waals surface area contributed by atoms with Gasteiger partial charge in [-0.3, -0.25) is 14.6 Å². The molecule has 102 valence electrons. The zero-order chi connectivity index (χ0) is 13.8. The van der Waals surface area contributed by atoms with Crippen molar-refractivity contribution in [2.45, 2.75) is 33.4 Å². The van der Waals surface area contributed by atoms with Crippen molar-refractivity contribution in [2.75, 3.05) is 7.05 Å². The minimum absolute atomic E-state index is 0.105. The molecule has 0 saturated heterocycles. The summed E-state index contributed by atoms with van der Waals surface area (Å²) in [5, 5.41) is 11.0. The summed E-state index contributed by atoms with van der Waals surface area (Å²) in [6.45, 7) is 5.15. The fourth-order valence-corrected chi connectivity index (χ4v) is 2.02. The Morgan fingerprint density at radius 3 is 2.84 bits per heavy atom. The summed E-state index contributed by atoms with van der Waals surface area (Å²) in [5.74, 6) is 0.105. The van der Waals surface area contributed by atoms with E-state index in [1.54, 1.807) is 24.3 Å². The number of hydrogen-bond donors (Lipinski definition) is 1. The maximum Gasteiger partial charge on any atom is 0.224 e. The third-order valence-electron chi connectivity index (χ3n) is 3.04. The molecule has 2 aromatic heterocycles. The Morgan fingerprint density at radius 2 is 2.26 bits per heavy atom. The minimum atomic E-state index is 0.105. The van der Waals surface area contributed by atoms with Gasteiger partial charge in [0.1, 0.15) is 0 Å². The Kier molecular flexibility index (Phi) is 3.99. The quantitative estimate of drug-likeness (QED) is 0.881. The van der Waals surface area contributed by atoms with Gasteiger partial charge in [-0.05, 0) is 19.9 Å². The molecule has 1 N–H and O–H groups in total. The Balaban J connectivity index is 1.85. The number of carbonyl (C=O) groups excluding carboxylic acids is 1. The van der Waals surface area contributed by atoms with E-state index in [0.29, 0.717) is 19.5 Å². The second-order valence-corrected chi connectivity index (χ2v) is 4.76. The third-order valence-corrected chi connectivity index (χ3v) is 3.04. The van der Waals surface area contributed by atoms with Crippen molar-refractivity contribution < 1.29 is 4.79 Å². The molecular weight excluding hydrogens is 242 g/mol. The maximum absolute atomic E-state index is 12.0. The van der Waals surface area contributed by atoms with Crippen LogP contribution in [0.1, 0.15) is 23.4 Å². The van der Waals surface area contributed by atoms with Crippen LogP contribution >= 0.6 is 0 Å². The summed E-state index contributed by atoms with van der Waals surface area (Å²) in [6, 6.07) is 2.01. The molecule has 19 heavy (non-hydrogen) atoms. The smallest absolute Gasteiger partial charge is 0.224 e. The van der Waals surface area contributed by atoms with Crippen LogP contribution in [-0.4, -0.2) is 37.8 Å². The van der Waals surface area contributed by atoms with E-state index in [0.717, 1.165) is 17.0 Å². The summed E-state index contributed by atoms with van der Waals surface area (Å²) < 4.78 is 1.87. The lowest BCUT2D eigenvalue weighted by atomic mass is 10.3. The molecule has 0 spiro atoms. The van der Waals surface area contributed by atoms with Crippen molar-refractivity contribution in [1.29, 1.82) is 0 Å². The molecule has 0 unspecified atom stereocenters. The molecule has 0 atom stereocenters. The van der Waals surface area contributed by atoms with Crippen molar-refractivity contribution in [3.8, 4) is 0 Å². The molecule has 2 aromatic rings. The van der Waals surface area contributed by atoms with Crippen molar-refractivity contribution in [1.82, 2.24) is 24.9 Å². The van der Waals surface area contributed by atoms with E-state index in [2.05, 4.69) is 15.3 Å². The molecule has 0 aliphatic carbocycles. The van der Waals surface area contributed by atoms with Gasteiger partial charge in [0.05, 0.1) is 11.9 Å². The van der Waals surface area contributed by atoms with Crippen LogP contribution in [-0.2, 0) is 17.9 Å². The average Bonchev–Trinajstić information content (AvgIpc) is 2.96. The first-order valence-electron chi connectivity index (χ1n) is 6.29. The molecule has 0 bridgehead atoms. The number of aromatic amines is 1. The number of hydrogen-bond acceptors (Lipinski definition) is 3. The lowest BCUT2D eigenvalue weighted by Crippen LogP contribution is -2.27. The van der Waals surface area contributed by atoms with Gasteiger partial charge < -0.3 is 4.90 Å². The average molecular weight is 261 g/mol. The Labute approximate surface area is 112 Å². The highest BCUT2D eigenvalue weighted by Crippen LogP contribution is 2.05. The van der Waals surface area contributed by atoms with Gasteiger partial charge in [-0.2, -0.15) is 10.2 Å². The zero-order valence-corrected chi connectivity index (χ0v) is 11.6. The lowest BCUT2D eigenvalue weighted by molar-refractivity contribution is -0.130. The first-order chi connectivity index (χ1) is 9.06. The van der Waals surface area contributed by atoms with E-state index in [1.165, 1.54) is 0 Å². The number of nitrogens with one attached hydrogen (secondary N) is 1. The van der Waals surface area contributed by atoms with E-state index in [4.69, 9.17) is 0 Å². The lowest BCUT2D eigenvalue weighted by Gasteiger charge is -2.16. The van der Waals surface area contributed by atoms with Crippen LogP contribution in [0.2, 0.25) is 0 Å². The van der Waals surface area contributed by atoms with Crippen LogP contribution in [0.15, 0.2) is 18.5 Å². The Hall–Kier alpha value is -2.11. The summed E-state index contributed by atoms with van der Waals surface area (Å²) in [6.07, 6.45) is 3.98. The molecule has 2 heterocycles. The second-order valence-electron chi connectivity index (χ2n) is 4.76. The molecule has 6 nitrogen and oxygen atoms in total. The van der Waals surface area contributed by atoms with Gasteiger partial charge in [0.15, 0.2) is 0 Å². The Bertz CT molecular complexity index is 543. The van der Waals surface area contributed by atoms with Crippen LogP contribution in [0.3, 0.4) is 0 Å². The molecule has 2 rings (SSSR count). The summed E-state index contributed by atoms with van der Waals surface area (Å²) in [7, 11) is 1.80. The number of amides is 1. The number of rotatable bonds is 5. The van der Waals surface area contributed by atoms with Crippen LogP contribution in [0.5, 0.6) is 0 Å². The molecule has 0 aromatic carbocycles. The van der Waals surface area contributed by atoms with Gasteiger partial charge in [0.2, 0.25) is 5.91 Å². The first-order valence-corrected chi connectivity index (χ1v) is 6.29. The fraction of sp³-hybridized carbons (Fsp3) is 0.462. The van der Waals surface area contributed by atoms with E-state index >= 15 is 0 Å². The van der Waals surface area contributed by atoms with Gasteiger partial charge >= 0.3 is 0 Å². The Morgan fingerprint density at radius 1 is 1.47 bits per heavy atom. The summed E-state index contributed by atoms with van der Waals surface area (Å²) >= 11 is 0. The van der Waals surface area contributed by atoms with E-state index in [1.807, 2.05) is 24.6 Å². The van der Waals surface area contributed by atoms with Gasteiger partial charge in [-0.1, -0.05) is 0 Å². The van der Waals surface area contributed by atoms with E-state index in [9.17, 15) is 4.79 Å². The molecular formula is C13H19N5O. The molecule has 0 fully saturated rings. The van der Waals surface area contributed by atoms with Crippen LogP contribution in [0, 0.1) is 13.8 Å². The van der Waals surface area contributed by atoms with Gasteiger partial charge in [-0.15, -0.1) is 0 Å². The van der Waals surface area contributed by atoms with Crippen molar-refractivity contribution >= 4 is 5.91 Å². The third kappa shape index (κ3) is 3.43. The highest BCUT2D eigenvalue weighted by Gasteiger charge is 2.11. The summed E-state index contributed by atoms with van der Waals surface area (Å²) in [4.78, 5) is 13.7. The van der Waals surface area contributed by atoms with E-state index in [-0.39, 0.29) is 5.91 Å². The second kappa shape index (κ2) is 5.69. The highest BCUT2D eigenvalue weighted by atomic mass is 16.2. The normalized spacial score (nSPS) is 10.7. The molecule has 0 radical (unpaired) electrons. The largest absolute Gasteiger partial charge is 0.341 e. The van der Waals surface area contributed by atoms with E-state index < -0.39 is 0 Å². The van der Waals surface area contributed by atoms with Crippen LogP contribution < -0.4 is 0 Å². The number of aromatic nitrogens is 4. The van der Waals surface area contributed by atoms with Crippen molar-refractivity contribution in [2.24, 2.45) is 0 Å². The number of aryl methyl sites for hydroxylation is 3. The number of carbonyl (C=O) groups is 1. The van der Waals surface area contributed by atoms with Gasteiger partial charge in [0.25, 0.3) is 0 Å². The van der Waals surface area contributed by atoms with Crippen LogP contribution in [0.4, 0.5) is 0 Å². The van der Waals surface area contributed by atoms with Crippen molar-refractivity contribution in [3.05, 3.63) is 35.4 Å². The molecule has 0 aliphatic rings. The van der Waals surface area contributed by atoms with Crippen LogP contribution in [0.25, 0.3) is 0 Å². The zero-order valence-electron chi connectivity index (χ0n) is 11.6. The predicted molar refractivity (Wildman–Crippen MR) is 71.4 cm³/mol. The summed E-state index contributed by atoms with van der Waals surface area (Å²) in [5.41, 5.74) is 3.07. The van der Waals surface area contributed by atoms with Gasteiger partial charge in [-0.25, -0.2) is 0 Å². The maximum atomic E-state index is 12.0. The fourth-order valence-electron chi connectivity index (χ4n) is 2.02. The standard InChI is InChI=1S/C13H19N5O/c1-10-6-11(2)18(16-10)5-4-13(19)17(3)9-12-7-14-15-8-12/h6-8H,4-5,9H2,1-3H3,(H,14,15). The topological polar surface area (TPSA) is 66.8 Å². The number of H-pyrrole nitrogens is 1. The molecule has 0 aliphatic heterocycles. The molecule has 1 amide bonds. The predicted octanol–water partition coefficient (Wildman–Crippen LogP) is 1.27. The number of nitrogens with zero attached hydrogens (tertiary/aromatic N) is 4. The van der Waals surface area contributed by atoms with Gasteiger partial charge in [0, 0.05) is 44.0 Å². The van der Waals surface area contributed by atoms with Crippen molar-refractivity contribution in [3.63, 3.8) is 0 Å². The highest BCUT2D eigenvalue weighted by molar-refractivity contribution is 5.75. The first kappa shape index (κ1) is 13.3. The monoisotopic (exact) mass is 261 g/mol. The minimum Gasteiger partial charge on any atom is -0.341 e. The SMILES string of the molecule is Cc1cc(C)n(CCC(=O)N(C)Cc2cn[nH]c2)n1. The molecule has 0 saturated carbocycles. The molecule has 6 heteroatoms.